The molecule has 1 aromatic heterocycles. The predicted octanol–water partition coefficient (Wildman–Crippen LogP) is 4.01. The normalized spacial score (nSPS) is 19.8. The number of sulfonamides is 1. The van der Waals surface area contributed by atoms with Crippen molar-refractivity contribution in [2.45, 2.75) is 57.9 Å². The molecular formula is C25H34FN3O4S. The Morgan fingerprint density at radius 2 is 2.03 bits per heavy atom. The van der Waals surface area contributed by atoms with E-state index in [1.54, 1.807) is 35.5 Å². The van der Waals surface area contributed by atoms with E-state index in [2.05, 4.69) is 10.3 Å². The minimum atomic E-state index is -3.46. The van der Waals surface area contributed by atoms with Crippen molar-refractivity contribution in [1.82, 2.24) is 9.29 Å². The predicted molar refractivity (Wildman–Crippen MR) is 131 cm³/mol. The van der Waals surface area contributed by atoms with E-state index in [1.165, 1.54) is 6.07 Å². The van der Waals surface area contributed by atoms with Gasteiger partial charge in [-0.1, -0.05) is 13.0 Å². The summed E-state index contributed by atoms with van der Waals surface area (Å²) in [5.41, 5.74) is 1.89. The van der Waals surface area contributed by atoms with Crippen molar-refractivity contribution in [3.05, 3.63) is 57.8 Å². The number of ether oxygens (including phenoxy) is 1. The van der Waals surface area contributed by atoms with Crippen LogP contribution < -0.4 is 15.6 Å². The molecule has 1 aromatic carbocycles. The van der Waals surface area contributed by atoms with Crippen molar-refractivity contribution < 1.29 is 17.5 Å². The monoisotopic (exact) mass is 491 g/mol. The van der Waals surface area contributed by atoms with Crippen LogP contribution in [0.25, 0.3) is 0 Å². The van der Waals surface area contributed by atoms with Gasteiger partial charge in [0.1, 0.15) is 5.69 Å². The Kier molecular flexibility index (Phi) is 7.62. The third kappa shape index (κ3) is 5.99. The van der Waals surface area contributed by atoms with Crippen molar-refractivity contribution in [3.8, 4) is 5.75 Å². The van der Waals surface area contributed by atoms with Crippen LogP contribution >= 0.6 is 0 Å². The molecule has 7 nitrogen and oxygen atoms in total. The van der Waals surface area contributed by atoms with Gasteiger partial charge in [-0.25, -0.2) is 12.8 Å². The number of nitrogens with zero attached hydrogens (tertiary/aromatic N) is 1. The number of halogens is 1. The number of aromatic amines is 1. The van der Waals surface area contributed by atoms with E-state index in [-0.39, 0.29) is 34.8 Å². The molecule has 2 unspecified atom stereocenters. The maximum absolute atomic E-state index is 14.2. The number of pyridine rings is 1. The van der Waals surface area contributed by atoms with E-state index in [4.69, 9.17) is 4.74 Å². The van der Waals surface area contributed by atoms with E-state index in [1.807, 2.05) is 6.92 Å². The van der Waals surface area contributed by atoms with Crippen LogP contribution in [0.5, 0.6) is 5.75 Å². The summed E-state index contributed by atoms with van der Waals surface area (Å²) >= 11 is 0. The molecule has 4 rings (SSSR count). The third-order valence-corrected chi connectivity index (χ3v) is 8.76. The SMILES string of the molecule is Cc1ccc(NCCCS(=O)(=O)N2CCCC2C(C)c2ccc(F)c(OCC3CC3)c2)c(=O)[nH]1. The number of anilines is 1. The molecule has 2 fully saturated rings. The van der Waals surface area contributed by atoms with Gasteiger partial charge >= 0.3 is 0 Å². The van der Waals surface area contributed by atoms with E-state index in [9.17, 15) is 17.6 Å². The molecule has 1 saturated carbocycles. The number of H-pyrrole nitrogens is 1. The van der Waals surface area contributed by atoms with Crippen LogP contribution in [0, 0.1) is 18.7 Å². The first-order chi connectivity index (χ1) is 16.2. The summed E-state index contributed by atoms with van der Waals surface area (Å²) in [6.45, 7) is 5.22. The maximum Gasteiger partial charge on any atom is 0.271 e. The second-order valence-corrected chi connectivity index (χ2v) is 11.6. The molecule has 0 radical (unpaired) electrons. The minimum Gasteiger partial charge on any atom is -0.490 e. The Hall–Kier alpha value is -2.39. The molecule has 2 aromatic rings. The van der Waals surface area contributed by atoms with Gasteiger partial charge < -0.3 is 15.0 Å². The van der Waals surface area contributed by atoms with Crippen LogP contribution in [0.3, 0.4) is 0 Å². The van der Waals surface area contributed by atoms with Crippen LogP contribution in [0.4, 0.5) is 10.1 Å². The van der Waals surface area contributed by atoms with Crippen molar-refractivity contribution in [2.24, 2.45) is 5.92 Å². The molecular weight excluding hydrogens is 457 g/mol. The van der Waals surface area contributed by atoms with E-state index >= 15 is 0 Å². The molecule has 2 aliphatic rings. The Morgan fingerprint density at radius 3 is 2.76 bits per heavy atom. The average molecular weight is 492 g/mol. The maximum atomic E-state index is 14.2. The fourth-order valence-corrected chi connectivity index (χ4v) is 6.40. The van der Waals surface area contributed by atoms with Crippen LogP contribution in [0.1, 0.15) is 56.2 Å². The fourth-order valence-electron chi connectivity index (χ4n) is 4.55. The number of rotatable bonds is 11. The Balaban J connectivity index is 1.36. The molecule has 2 heterocycles. The molecule has 0 spiro atoms. The first-order valence-electron chi connectivity index (χ1n) is 12.1. The number of benzene rings is 1. The summed E-state index contributed by atoms with van der Waals surface area (Å²) < 4.78 is 47.8. The third-order valence-electron chi connectivity index (χ3n) is 6.79. The zero-order chi connectivity index (χ0) is 24.3. The lowest BCUT2D eigenvalue weighted by Crippen LogP contribution is -2.40. The molecule has 186 valence electrons. The average Bonchev–Trinajstić information content (AvgIpc) is 3.49. The minimum absolute atomic E-state index is 0.00610. The van der Waals surface area contributed by atoms with E-state index in [0.717, 1.165) is 36.9 Å². The number of aromatic nitrogens is 1. The van der Waals surface area contributed by atoms with Crippen LogP contribution in [-0.4, -0.2) is 49.2 Å². The topological polar surface area (TPSA) is 91.5 Å². The quantitative estimate of drug-likeness (QED) is 0.464. The number of hydrogen-bond acceptors (Lipinski definition) is 5. The molecule has 2 N–H and O–H groups in total. The largest absolute Gasteiger partial charge is 0.490 e. The van der Waals surface area contributed by atoms with Crippen molar-refractivity contribution in [1.29, 1.82) is 0 Å². The summed E-state index contributed by atoms with van der Waals surface area (Å²) in [7, 11) is -3.46. The number of nitrogens with one attached hydrogen (secondary N) is 2. The molecule has 1 saturated heterocycles. The standard InChI is InChI=1S/C25H34FN3O4S/c1-17-6-11-22(25(30)28-17)27-12-4-14-34(31,32)29-13-3-5-23(29)18(2)20-9-10-21(26)24(15-20)33-16-19-7-8-19/h6,9-11,15,18-19,23,27H,3-5,7-8,12-14,16H2,1-2H3,(H,28,30). The molecule has 0 bridgehead atoms. The van der Waals surface area contributed by atoms with E-state index < -0.39 is 10.0 Å². The van der Waals surface area contributed by atoms with Crippen molar-refractivity contribution in [3.63, 3.8) is 0 Å². The van der Waals surface area contributed by atoms with Gasteiger partial charge in [0.05, 0.1) is 12.4 Å². The van der Waals surface area contributed by atoms with Crippen molar-refractivity contribution >= 4 is 15.7 Å². The first-order valence-corrected chi connectivity index (χ1v) is 13.7. The molecule has 9 heteroatoms. The van der Waals surface area contributed by atoms with Gasteiger partial charge in [0.2, 0.25) is 10.0 Å². The van der Waals surface area contributed by atoms with Gasteiger partial charge in [0.15, 0.2) is 11.6 Å². The Bertz CT molecular complexity index is 1160. The van der Waals surface area contributed by atoms with Crippen LogP contribution in [0.15, 0.2) is 35.1 Å². The molecule has 1 aliphatic carbocycles. The smallest absolute Gasteiger partial charge is 0.271 e. The van der Waals surface area contributed by atoms with Crippen molar-refractivity contribution in [2.75, 3.05) is 30.8 Å². The second-order valence-electron chi connectivity index (χ2n) is 9.53. The summed E-state index contributed by atoms with van der Waals surface area (Å²) in [5, 5.41) is 3.02. The highest BCUT2D eigenvalue weighted by atomic mass is 32.2. The summed E-state index contributed by atoms with van der Waals surface area (Å²) in [4.78, 5) is 14.7. The highest BCUT2D eigenvalue weighted by Gasteiger charge is 2.37. The van der Waals surface area contributed by atoms with Crippen LogP contribution in [-0.2, 0) is 10.0 Å². The van der Waals surface area contributed by atoms with Gasteiger partial charge in [-0.05, 0) is 80.7 Å². The van der Waals surface area contributed by atoms with Gasteiger partial charge in [0, 0.05) is 24.8 Å². The Labute approximate surface area is 200 Å². The molecule has 1 aliphatic heterocycles. The zero-order valence-corrected chi connectivity index (χ0v) is 20.7. The number of aryl methyl sites for hydroxylation is 1. The summed E-state index contributed by atoms with van der Waals surface area (Å²) in [5.74, 6) is 0.319. The molecule has 2 atom stereocenters. The first kappa shape index (κ1) is 24.7. The lowest BCUT2D eigenvalue weighted by Gasteiger charge is -2.29. The lowest BCUT2D eigenvalue weighted by molar-refractivity contribution is 0.284. The van der Waals surface area contributed by atoms with Gasteiger partial charge in [-0.15, -0.1) is 0 Å². The van der Waals surface area contributed by atoms with Gasteiger partial charge in [0.25, 0.3) is 5.56 Å². The number of hydrogen-bond donors (Lipinski definition) is 2. The fraction of sp³-hybridized carbons (Fsp3) is 0.560. The molecule has 0 amide bonds. The second kappa shape index (κ2) is 10.5. The van der Waals surface area contributed by atoms with E-state index in [0.29, 0.717) is 37.7 Å². The van der Waals surface area contributed by atoms with Gasteiger partial charge in [-0.3, -0.25) is 4.79 Å². The summed E-state index contributed by atoms with van der Waals surface area (Å²) in [6.07, 6.45) is 4.22. The highest BCUT2D eigenvalue weighted by molar-refractivity contribution is 7.89. The van der Waals surface area contributed by atoms with Crippen LogP contribution in [0.2, 0.25) is 0 Å². The molecule has 34 heavy (non-hydrogen) atoms. The Morgan fingerprint density at radius 1 is 1.24 bits per heavy atom. The lowest BCUT2D eigenvalue weighted by atomic mass is 9.92. The summed E-state index contributed by atoms with van der Waals surface area (Å²) in [6, 6.07) is 8.21. The highest BCUT2D eigenvalue weighted by Crippen LogP contribution is 2.36. The zero-order valence-electron chi connectivity index (χ0n) is 19.8. The van der Waals surface area contributed by atoms with Gasteiger partial charge in [-0.2, -0.15) is 4.31 Å².